The van der Waals surface area contributed by atoms with Gasteiger partial charge in [0.2, 0.25) is 0 Å². The van der Waals surface area contributed by atoms with Crippen LogP contribution in [0.3, 0.4) is 0 Å². The van der Waals surface area contributed by atoms with E-state index in [0.717, 1.165) is 17.7 Å². The largest absolute Gasteiger partial charge is 0.381 e. The zero-order valence-electron chi connectivity index (χ0n) is 7.29. The SMILES string of the molecule is Cc1ccc2c(n1)C(O)C(Cl)=CC2. The van der Waals surface area contributed by atoms with Crippen molar-refractivity contribution < 1.29 is 5.11 Å². The first-order chi connectivity index (χ1) is 6.18. The molecule has 2 rings (SSSR count). The third-order valence-corrected chi connectivity index (χ3v) is 2.55. The molecule has 1 aliphatic rings. The number of rotatable bonds is 0. The van der Waals surface area contributed by atoms with Crippen LogP contribution in [0, 0.1) is 6.92 Å². The van der Waals surface area contributed by atoms with Crippen LogP contribution in [0.25, 0.3) is 0 Å². The van der Waals surface area contributed by atoms with Gasteiger partial charge in [0.05, 0.1) is 5.69 Å². The Kier molecular flexibility index (Phi) is 2.10. The summed E-state index contributed by atoms with van der Waals surface area (Å²) in [5, 5.41) is 10.2. The molecule has 0 fully saturated rings. The Morgan fingerprint density at radius 3 is 3.08 bits per heavy atom. The minimum atomic E-state index is -0.731. The lowest BCUT2D eigenvalue weighted by Gasteiger charge is -2.18. The Bertz CT molecular complexity index is 373. The fraction of sp³-hybridized carbons (Fsp3) is 0.300. The third kappa shape index (κ3) is 1.47. The van der Waals surface area contributed by atoms with Crippen molar-refractivity contribution in [3.8, 4) is 0 Å². The predicted octanol–water partition coefficient (Wildman–Crippen LogP) is 2.10. The molecular weight excluding hydrogens is 186 g/mol. The van der Waals surface area contributed by atoms with Gasteiger partial charge in [0, 0.05) is 10.7 Å². The van der Waals surface area contributed by atoms with Gasteiger partial charge in [-0.05, 0) is 25.0 Å². The fourth-order valence-electron chi connectivity index (χ4n) is 1.46. The van der Waals surface area contributed by atoms with Crippen LogP contribution < -0.4 is 0 Å². The molecule has 1 aromatic rings. The Labute approximate surface area is 81.9 Å². The molecule has 1 N–H and O–H groups in total. The summed E-state index contributed by atoms with van der Waals surface area (Å²) in [5.41, 5.74) is 2.67. The van der Waals surface area contributed by atoms with Gasteiger partial charge in [-0.15, -0.1) is 0 Å². The molecule has 0 aromatic carbocycles. The van der Waals surface area contributed by atoms with Crippen molar-refractivity contribution in [3.05, 3.63) is 40.2 Å². The number of pyridine rings is 1. The van der Waals surface area contributed by atoms with Crippen LogP contribution in [0.2, 0.25) is 0 Å². The van der Waals surface area contributed by atoms with Crippen LogP contribution in [-0.2, 0) is 6.42 Å². The highest BCUT2D eigenvalue weighted by Gasteiger charge is 2.20. The normalized spacial score (nSPS) is 20.8. The van der Waals surface area contributed by atoms with E-state index in [9.17, 15) is 5.11 Å². The molecular formula is C10H10ClNO. The predicted molar refractivity (Wildman–Crippen MR) is 51.6 cm³/mol. The van der Waals surface area contributed by atoms with Crippen LogP contribution in [-0.4, -0.2) is 10.1 Å². The van der Waals surface area contributed by atoms with E-state index in [4.69, 9.17) is 11.6 Å². The summed E-state index contributed by atoms with van der Waals surface area (Å²) in [6.45, 7) is 1.90. The highest BCUT2D eigenvalue weighted by molar-refractivity contribution is 6.30. The van der Waals surface area contributed by atoms with E-state index in [0.29, 0.717) is 10.7 Å². The van der Waals surface area contributed by atoms with Crippen molar-refractivity contribution in [2.24, 2.45) is 0 Å². The van der Waals surface area contributed by atoms with Gasteiger partial charge in [-0.1, -0.05) is 23.7 Å². The van der Waals surface area contributed by atoms with Gasteiger partial charge in [0.25, 0.3) is 0 Å². The molecule has 0 saturated heterocycles. The molecule has 0 spiro atoms. The quantitative estimate of drug-likeness (QED) is 0.688. The lowest BCUT2D eigenvalue weighted by Crippen LogP contribution is -2.10. The maximum atomic E-state index is 9.69. The number of hydrogen-bond donors (Lipinski definition) is 1. The molecule has 1 aromatic heterocycles. The van der Waals surface area contributed by atoms with Gasteiger partial charge in [0.15, 0.2) is 0 Å². The first kappa shape index (κ1) is 8.73. The van der Waals surface area contributed by atoms with E-state index < -0.39 is 6.10 Å². The molecule has 1 unspecified atom stereocenters. The zero-order valence-corrected chi connectivity index (χ0v) is 8.04. The lowest BCUT2D eigenvalue weighted by atomic mass is 9.99. The van der Waals surface area contributed by atoms with Crippen LogP contribution in [0.5, 0.6) is 0 Å². The Hall–Kier alpha value is -0.860. The maximum Gasteiger partial charge on any atom is 0.131 e. The van der Waals surface area contributed by atoms with Crippen LogP contribution in [0.4, 0.5) is 0 Å². The molecule has 1 atom stereocenters. The molecule has 0 bridgehead atoms. The summed E-state index contributed by atoms with van der Waals surface area (Å²) in [6.07, 6.45) is 1.86. The lowest BCUT2D eigenvalue weighted by molar-refractivity contribution is 0.215. The van der Waals surface area contributed by atoms with Gasteiger partial charge in [0.1, 0.15) is 6.10 Å². The Balaban J connectivity index is 2.51. The van der Waals surface area contributed by atoms with Gasteiger partial charge >= 0.3 is 0 Å². The van der Waals surface area contributed by atoms with E-state index in [1.807, 2.05) is 25.1 Å². The van der Waals surface area contributed by atoms with E-state index in [2.05, 4.69) is 4.98 Å². The van der Waals surface area contributed by atoms with Crippen LogP contribution in [0.15, 0.2) is 23.2 Å². The molecule has 0 radical (unpaired) electrons. The van der Waals surface area contributed by atoms with Gasteiger partial charge < -0.3 is 5.11 Å². The van der Waals surface area contributed by atoms with Crippen molar-refractivity contribution in [1.29, 1.82) is 0 Å². The number of aryl methyl sites for hydroxylation is 1. The van der Waals surface area contributed by atoms with Crippen molar-refractivity contribution in [3.63, 3.8) is 0 Å². The van der Waals surface area contributed by atoms with Crippen LogP contribution in [0.1, 0.15) is 23.1 Å². The second-order valence-electron chi connectivity index (χ2n) is 3.19. The van der Waals surface area contributed by atoms with E-state index in [1.54, 1.807) is 0 Å². The Morgan fingerprint density at radius 2 is 2.31 bits per heavy atom. The average molecular weight is 196 g/mol. The zero-order chi connectivity index (χ0) is 9.42. The molecule has 68 valence electrons. The Morgan fingerprint density at radius 1 is 1.54 bits per heavy atom. The number of allylic oxidation sites excluding steroid dienone is 1. The summed E-state index contributed by atoms with van der Waals surface area (Å²) in [6, 6.07) is 3.93. The molecule has 0 amide bonds. The van der Waals surface area contributed by atoms with E-state index in [1.165, 1.54) is 0 Å². The van der Waals surface area contributed by atoms with Crippen molar-refractivity contribution in [2.45, 2.75) is 19.4 Å². The smallest absolute Gasteiger partial charge is 0.131 e. The number of halogens is 1. The summed E-state index contributed by atoms with van der Waals surface area (Å²) in [7, 11) is 0. The monoisotopic (exact) mass is 195 g/mol. The van der Waals surface area contributed by atoms with Crippen molar-refractivity contribution in [2.75, 3.05) is 0 Å². The van der Waals surface area contributed by atoms with Crippen molar-refractivity contribution in [1.82, 2.24) is 4.98 Å². The highest BCUT2D eigenvalue weighted by Crippen LogP contribution is 2.30. The summed E-state index contributed by atoms with van der Waals surface area (Å²) in [4.78, 5) is 4.27. The first-order valence-corrected chi connectivity index (χ1v) is 4.56. The third-order valence-electron chi connectivity index (χ3n) is 2.19. The second-order valence-corrected chi connectivity index (χ2v) is 3.63. The minimum Gasteiger partial charge on any atom is -0.381 e. The molecule has 1 aliphatic carbocycles. The second kappa shape index (κ2) is 3.13. The molecule has 0 aliphatic heterocycles. The van der Waals surface area contributed by atoms with E-state index in [-0.39, 0.29) is 0 Å². The number of fused-ring (bicyclic) bond motifs is 1. The van der Waals surface area contributed by atoms with Gasteiger partial charge in [-0.3, -0.25) is 4.98 Å². The van der Waals surface area contributed by atoms with E-state index >= 15 is 0 Å². The number of aliphatic hydroxyl groups excluding tert-OH is 1. The molecule has 1 heterocycles. The number of hydrogen-bond acceptors (Lipinski definition) is 2. The van der Waals surface area contributed by atoms with Gasteiger partial charge in [-0.2, -0.15) is 0 Å². The fourth-order valence-corrected chi connectivity index (χ4v) is 1.65. The topological polar surface area (TPSA) is 33.1 Å². The average Bonchev–Trinajstić information content (AvgIpc) is 2.12. The maximum absolute atomic E-state index is 9.69. The van der Waals surface area contributed by atoms with Crippen molar-refractivity contribution >= 4 is 11.6 Å². The minimum absolute atomic E-state index is 0.477. The van der Waals surface area contributed by atoms with Crippen LogP contribution >= 0.6 is 11.6 Å². The number of nitrogens with zero attached hydrogens (tertiary/aromatic N) is 1. The van der Waals surface area contributed by atoms with Gasteiger partial charge in [-0.25, -0.2) is 0 Å². The number of aromatic nitrogens is 1. The molecule has 2 nitrogen and oxygen atoms in total. The standard InChI is InChI=1S/C10H10ClNO/c1-6-2-3-7-4-5-8(11)10(13)9(7)12-6/h2-3,5,10,13H,4H2,1H3. The summed E-state index contributed by atoms with van der Waals surface area (Å²) in [5.74, 6) is 0. The highest BCUT2D eigenvalue weighted by atomic mass is 35.5. The summed E-state index contributed by atoms with van der Waals surface area (Å²) < 4.78 is 0. The molecule has 13 heavy (non-hydrogen) atoms. The molecule has 0 saturated carbocycles. The molecule has 3 heteroatoms. The first-order valence-electron chi connectivity index (χ1n) is 4.18. The number of aliphatic hydroxyl groups is 1. The summed E-state index contributed by atoms with van der Waals surface area (Å²) >= 11 is 5.82.